The quantitative estimate of drug-likeness (QED) is 0.928. The molecule has 0 radical (unpaired) electrons. The zero-order valence-corrected chi connectivity index (χ0v) is 8.98. The number of halogens is 4. The summed E-state index contributed by atoms with van der Waals surface area (Å²) in [6.45, 7) is -0.458. The molecular formula is C8H7BrF3NO2. The van der Waals surface area contributed by atoms with Crippen molar-refractivity contribution in [3.05, 3.63) is 22.6 Å². The van der Waals surface area contributed by atoms with Crippen LogP contribution in [0.15, 0.2) is 21.2 Å². The molecule has 0 atom stereocenters. The van der Waals surface area contributed by atoms with E-state index in [1.54, 1.807) is 0 Å². The topological polar surface area (TPSA) is 42.2 Å². The Labute approximate surface area is 91.8 Å². The molecule has 0 saturated carbocycles. The molecule has 0 aliphatic heterocycles. The van der Waals surface area contributed by atoms with Crippen LogP contribution in [0.25, 0.3) is 0 Å². The third-order valence-electron chi connectivity index (χ3n) is 1.49. The van der Waals surface area contributed by atoms with Gasteiger partial charge in [-0.2, -0.15) is 13.2 Å². The third-order valence-corrected chi connectivity index (χ3v) is 1.92. The van der Waals surface area contributed by atoms with E-state index < -0.39 is 25.0 Å². The predicted octanol–water partition coefficient (Wildman–Crippen LogP) is 2.72. The van der Waals surface area contributed by atoms with E-state index in [-0.39, 0.29) is 5.76 Å². The number of furan rings is 1. The van der Waals surface area contributed by atoms with Gasteiger partial charge in [-0.15, -0.1) is 0 Å². The van der Waals surface area contributed by atoms with E-state index >= 15 is 0 Å². The van der Waals surface area contributed by atoms with Crippen molar-refractivity contribution in [1.29, 1.82) is 0 Å². The summed E-state index contributed by atoms with van der Waals surface area (Å²) in [6, 6.07) is 2.85. The average molecular weight is 286 g/mol. The summed E-state index contributed by atoms with van der Waals surface area (Å²) in [6.07, 6.45) is -5.32. The van der Waals surface area contributed by atoms with Gasteiger partial charge < -0.3 is 9.73 Å². The summed E-state index contributed by atoms with van der Waals surface area (Å²) < 4.78 is 40.4. The molecule has 1 amide bonds. The predicted molar refractivity (Wildman–Crippen MR) is 49.4 cm³/mol. The number of carbonyl (C=O) groups excluding carboxylic acids is 1. The molecule has 0 spiro atoms. The SMILES string of the molecule is O=C(NCCC(F)(F)F)c1ccc(Br)o1. The molecule has 3 nitrogen and oxygen atoms in total. The van der Waals surface area contributed by atoms with E-state index in [9.17, 15) is 18.0 Å². The van der Waals surface area contributed by atoms with Crippen molar-refractivity contribution >= 4 is 21.8 Å². The molecule has 15 heavy (non-hydrogen) atoms. The van der Waals surface area contributed by atoms with Crippen molar-refractivity contribution in [3.63, 3.8) is 0 Å². The lowest BCUT2D eigenvalue weighted by molar-refractivity contribution is -0.133. The second kappa shape index (κ2) is 4.69. The summed E-state index contributed by atoms with van der Waals surface area (Å²) >= 11 is 2.97. The molecule has 1 rings (SSSR count). The minimum absolute atomic E-state index is 0.0240. The Hall–Kier alpha value is -0.980. The number of rotatable bonds is 3. The Balaban J connectivity index is 2.37. The van der Waals surface area contributed by atoms with Gasteiger partial charge in [-0.3, -0.25) is 4.79 Å². The molecule has 0 aliphatic rings. The minimum Gasteiger partial charge on any atom is -0.444 e. The van der Waals surface area contributed by atoms with Gasteiger partial charge >= 0.3 is 6.18 Å². The minimum atomic E-state index is -4.27. The number of hydrogen-bond donors (Lipinski definition) is 1. The van der Waals surface area contributed by atoms with Crippen LogP contribution in [-0.4, -0.2) is 18.6 Å². The highest BCUT2D eigenvalue weighted by atomic mass is 79.9. The van der Waals surface area contributed by atoms with Crippen LogP contribution in [0.4, 0.5) is 13.2 Å². The second-order valence-corrected chi connectivity index (χ2v) is 3.51. The lowest BCUT2D eigenvalue weighted by atomic mass is 10.4. The fourth-order valence-electron chi connectivity index (χ4n) is 0.841. The molecule has 0 aromatic carbocycles. The van der Waals surface area contributed by atoms with Gasteiger partial charge in [0, 0.05) is 6.54 Å². The molecule has 0 aliphatic carbocycles. The van der Waals surface area contributed by atoms with Crippen LogP contribution < -0.4 is 5.32 Å². The Bertz CT molecular complexity index is 348. The smallest absolute Gasteiger partial charge is 0.390 e. The molecule has 84 valence electrons. The maximum Gasteiger partial charge on any atom is 0.390 e. The van der Waals surface area contributed by atoms with E-state index in [2.05, 4.69) is 21.2 Å². The number of hydrogen-bond acceptors (Lipinski definition) is 2. The zero-order valence-electron chi connectivity index (χ0n) is 7.40. The fourth-order valence-corrected chi connectivity index (χ4v) is 1.15. The maximum absolute atomic E-state index is 11.7. The van der Waals surface area contributed by atoms with E-state index in [1.807, 2.05) is 0 Å². The summed E-state index contributed by atoms with van der Waals surface area (Å²) in [4.78, 5) is 11.2. The van der Waals surface area contributed by atoms with Crippen molar-refractivity contribution < 1.29 is 22.4 Å². The molecule has 1 heterocycles. The largest absolute Gasteiger partial charge is 0.444 e. The molecule has 1 N–H and O–H groups in total. The van der Waals surface area contributed by atoms with Crippen LogP contribution in [0.3, 0.4) is 0 Å². The normalized spacial score (nSPS) is 11.5. The summed E-state index contributed by atoms with van der Waals surface area (Å²) in [5.74, 6) is -0.686. The average Bonchev–Trinajstić information content (AvgIpc) is 2.49. The molecule has 0 unspecified atom stereocenters. The first-order valence-electron chi connectivity index (χ1n) is 3.99. The first kappa shape index (κ1) is 12.1. The van der Waals surface area contributed by atoms with E-state index in [0.29, 0.717) is 4.67 Å². The molecule has 7 heteroatoms. The van der Waals surface area contributed by atoms with Crippen LogP contribution in [0.5, 0.6) is 0 Å². The molecule has 1 aromatic heterocycles. The molecule has 0 bridgehead atoms. The third kappa shape index (κ3) is 4.37. The maximum atomic E-state index is 11.7. The van der Waals surface area contributed by atoms with Crippen LogP contribution in [0.1, 0.15) is 17.0 Å². The molecule has 0 fully saturated rings. The van der Waals surface area contributed by atoms with Crippen LogP contribution in [0.2, 0.25) is 0 Å². The van der Waals surface area contributed by atoms with Gasteiger partial charge in [0.1, 0.15) is 0 Å². The number of alkyl halides is 3. The van der Waals surface area contributed by atoms with Gasteiger partial charge in [-0.25, -0.2) is 0 Å². The Morgan fingerprint density at radius 1 is 1.47 bits per heavy atom. The first-order chi connectivity index (χ1) is 6.88. The first-order valence-corrected chi connectivity index (χ1v) is 4.78. The van der Waals surface area contributed by atoms with E-state index in [4.69, 9.17) is 4.42 Å². The zero-order chi connectivity index (χ0) is 11.5. The van der Waals surface area contributed by atoms with Gasteiger partial charge in [0.05, 0.1) is 6.42 Å². The van der Waals surface area contributed by atoms with Gasteiger partial charge in [-0.05, 0) is 28.1 Å². The fraction of sp³-hybridized carbons (Fsp3) is 0.375. The highest BCUT2D eigenvalue weighted by Crippen LogP contribution is 2.18. The molecular weight excluding hydrogens is 279 g/mol. The highest BCUT2D eigenvalue weighted by Gasteiger charge is 2.26. The van der Waals surface area contributed by atoms with Crippen molar-refractivity contribution in [3.8, 4) is 0 Å². The van der Waals surface area contributed by atoms with Crippen LogP contribution >= 0.6 is 15.9 Å². The Morgan fingerprint density at radius 3 is 2.60 bits per heavy atom. The van der Waals surface area contributed by atoms with Gasteiger partial charge in [0.15, 0.2) is 10.4 Å². The molecule has 1 aromatic rings. The lowest BCUT2D eigenvalue weighted by Crippen LogP contribution is -2.27. The van der Waals surface area contributed by atoms with Gasteiger partial charge in [0.25, 0.3) is 5.91 Å². The highest BCUT2D eigenvalue weighted by molar-refractivity contribution is 9.10. The number of amides is 1. The van der Waals surface area contributed by atoms with E-state index in [0.717, 1.165) is 0 Å². The van der Waals surface area contributed by atoms with Crippen LogP contribution in [-0.2, 0) is 0 Å². The lowest BCUT2D eigenvalue weighted by Gasteiger charge is -2.06. The van der Waals surface area contributed by atoms with Crippen molar-refractivity contribution in [2.45, 2.75) is 12.6 Å². The number of carbonyl (C=O) groups is 1. The van der Waals surface area contributed by atoms with Gasteiger partial charge in [0.2, 0.25) is 0 Å². The summed E-state index contributed by atoms with van der Waals surface area (Å²) in [5, 5.41) is 2.10. The molecule has 0 saturated heterocycles. The monoisotopic (exact) mass is 285 g/mol. The Morgan fingerprint density at radius 2 is 2.13 bits per heavy atom. The summed E-state index contributed by atoms with van der Waals surface area (Å²) in [5.41, 5.74) is 0. The van der Waals surface area contributed by atoms with Crippen molar-refractivity contribution in [1.82, 2.24) is 5.32 Å². The number of nitrogens with one attached hydrogen (secondary N) is 1. The van der Waals surface area contributed by atoms with Crippen LogP contribution in [0, 0.1) is 0 Å². The Kier molecular flexibility index (Phi) is 3.78. The van der Waals surface area contributed by atoms with E-state index in [1.165, 1.54) is 12.1 Å². The second-order valence-electron chi connectivity index (χ2n) is 2.72. The van der Waals surface area contributed by atoms with Gasteiger partial charge in [-0.1, -0.05) is 0 Å². The van der Waals surface area contributed by atoms with Crippen molar-refractivity contribution in [2.75, 3.05) is 6.54 Å². The summed E-state index contributed by atoms with van der Waals surface area (Å²) in [7, 11) is 0. The van der Waals surface area contributed by atoms with Crippen molar-refractivity contribution in [2.24, 2.45) is 0 Å². The standard InChI is InChI=1S/C8H7BrF3NO2/c9-6-2-1-5(15-6)7(14)13-4-3-8(10,11)12/h1-2H,3-4H2,(H,13,14).